The van der Waals surface area contributed by atoms with Crippen LogP contribution in [0.5, 0.6) is 5.88 Å². The number of aryl methyl sites for hydroxylation is 2. The Morgan fingerprint density at radius 3 is 2.96 bits per heavy atom. The highest BCUT2D eigenvalue weighted by Gasteiger charge is 2.20. The summed E-state index contributed by atoms with van der Waals surface area (Å²) in [6.07, 6.45) is 8.03. The first-order valence-electron chi connectivity index (χ1n) is 9.32. The van der Waals surface area contributed by atoms with Crippen molar-refractivity contribution < 1.29 is 9.53 Å². The van der Waals surface area contributed by atoms with Gasteiger partial charge in [-0.25, -0.2) is 14.5 Å². The first-order chi connectivity index (χ1) is 13.1. The Kier molecular flexibility index (Phi) is 4.75. The van der Waals surface area contributed by atoms with Gasteiger partial charge in [0.2, 0.25) is 5.88 Å². The third-order valence-electron chi connectivity index (χ3n) is 4.89. The third-order valence-corrected chi connectivity index (χ3v) is 4.89. The normalized spacial score (nSPS) is 14.6. The summed E-state index contributed by atoms with van der Waals surface area (Å²) in [5, 5.41) is 7.22. The van der Waals surface area contributed by atoms with E-state index in [9.17, 15) is 4.79 Å². The van der Waals surface area contributed by atoms with Crippen molar-refractivity contribution in [3.05, 3.63) is 53.1 Å². The van der Waals surface area contributed by atoms with Gasteiger partial charge in [0, 0.05) is 29.7 Å². The molecule has 1 saturated carbocycles. The van der Waals surface area contributed by atoms with Crippen molar-refractivity contribution in [2.45, 2.75) is 52.2 Å². The van der Waals surface area contributed by atoms with E-state index in [4.69, 9.17) is 4.74 Å². The van der Waals surface area contributed by atoms with E-state index < -0.39 is 0 Å². The number of nitrogens with one attached hydrogen (secondary N) is 1. The average Bonchev–Trinajstić information content (AvgIpc) is 3.30. The molecule has 1 aliphatic carbocycles. The van der Waals surface area contributed by atoms with Crippen molar-refractivity contribution in [1.82, 2.24) is 24.9 Å². The van der Waals surface area contributed by atoms with Crippen LogP contribution in [-0.2, 0) is 6.54 Å². The summed E-state index contributed by atoms with van der Waals surface area (Å²) in [7, 11) is 0. The maximum Gasteiger partial charge on any atom is 0.257 e. The van der Waals surface area contributed by atoms with Crippen LogP contribution in [0.4, 0.5) is 0 Å². The highest BCUT2D eigenvalue weighted by molar-refractivity contribution is 5.99. The molecule has 3 aromatic heterocycles. The summed E-state index contributed by atoms with van der Waals surface area (Å²) in [6.45, 7) is 4.19. The van der Waals surface area contributed by atoms with Gasteiger partial charge in [-0.1, -0.05) is 6.07 Å². The molecule has 0 bridgehead atoms. The number of nitrogens with zero attached hydrogens (tertiary/aromatic N) is 4. The molecule has 27 heavy (non-hydrogen) atoms. The Morgan fingerprint density at radius 2 is 2.15 bits per heavy atom. The number of pyridine rings is 1. The number of amides is 1. The van der Waals surface area contributed by atoms with Crippen LogP contribution in [0, 0.1) is 13.8 Å². The van der Waals surface area contributed by atoms with Gasteiger partial charge in [-0.3, -0.25) is 4.79 Å². The molecule has 1 fully saturated rings. The van der Waals surface area contributed by atoms with Crippen LogP contribution >= 0.6 is 0 Å². The lowest BCUT2D eigenvalue weighted by Gasteiger charge is -2.15. The predicted molar refractivity (Wildman–Crippen MR) is 101 cm³/mol. The first kappa shape index (κ1) is 17.5. The monoisotopic (exact) mass is 365 g/mol. The number of rotatable bonds is 5. The summed E-state index contributed by atoms with van der Waals surface area (Å²) in [4.78, 5) is 21.5. The topological polar surface area (TPSA) is 81.4 Å². The van der Waals surface area contributed by atoms with Gasteiger partial charge in [-0.2, -0.15) is 5.10 Å². The van der Waals surface area contributed by atoms with Crippen molar-refractivity contribution >= 4 is 11.6 Å². The minimum Gasteiger partial charge on any atom is -0.474 e. The molecule has 0 aliphatic heterocycles. The predicted octanol–water partition coefficient (Wildman–Crippen LogP) is 2.99. The van der Waals surface area contributed by atoms with Gasteiger partial charge in [0.15, 0.2) is 5.65 Å². The lowest BCUT2D eigenvalue weighted by Crippen LogP contribution is -2.24. The molecule has 3 heterocycles. The Hall–Kier alpha value is -2.96. The van der Waals surface area contributed by atoms with Crippen molar-refractivity contribution in [2.24, 2.45) is 0 Å². The van der Waals surface area contributed by atoms with Crippen LogP contribution in [-0.4, -0.2) is 31.6 Å². The number of aromatic nitrogens is 4. The fourth-order valence-electron chi connectivity index (χ4n) is 3.53. The van der Waals surface area contributed by atoms with Gasteiger partial charge < -0.3 is 10.1 Å². The zero-order valence-corrected chi connectivity index (χ0v) is 15.6. The molecular formula is C20H23N5O2. The second-order valence-corrected chi connectivity index (χ2v) is 7.01. The van der Waals surface area contributed by atoms with Crippen LogP contribution in [0.2, 0.25) is 0 Å². The van der Waals surface area contributed by atoms with E-state index in [1.54, 1.807) is 16.9 Å². The smallest absolute Gasteiger partial charge is 0.257 e. The van der Waals surface area contributed by atoms with Crippen LogP contribution < -0.4 is 10.1 Å². The van der Waals surface area contributed by atoms with E-state index in [2.05, 4.69) is 20.4 Å². The quantitative estimate of drug-likeness (QED) is 0.752. The molecule has 1 N–H and O–H groups in total. The molecule has 0 saturated heterocycles. The van der Waals surface area contributed by atoms with E-state index in [1.165, 1.54) is 12.8 Å². The van der Waals surface area contributed by atoms with Crippen molar-refractivity contribution in [3.8, 4) is 5.88 Å². The third kappa shape index (κ3) is 3.63. The van der Waals surface area contributed by atoms with E-state index in [0.29, 0.717) is 23.6 Å². The molecule has 0 unspecified atom stereocenters. The van der Waals surface area contributed by atoms with Gasteiger partial charge in [0.25, 0.3) is 5.91 Å². The molecular weight excluding hydrogens is 342 g/mol. The molecule has 0 atom stereocenters. The van der Waals surface area contributed by atoms with Crippen LogP contribution in [0.1, 0.15) is 53.0 Å². The number of carbonyl (C=O) groups is 1. The average molecular weight is 365 g/mol. The van der Waals surface area contributed by atoms with Crippen molar-refractivity contribution in [1.29, 1.82) is 0 Å². The molecule has 1 aliphatic rings. The molecule has 3 aromatic rings. The minimum atomic E-state index is -0.210. The van der Waals surface area contributed by atoms with Crippen LogP contribution in [0.3, 0.4) is 0 Å². The second kappa shape index (κ2) is 7.34. The molecule has 0 spiro atoms. The van der Waals surface area contributed by atoms with Gasteiger partial charge in [0.1, 0.15) is 11.7 Å². The lowest BCUT2D eigenvalue weighted by molar-refractivity contribution is 0.0951. The number of fused-ring (bicyclic) bond motifs is 1. The van der Waals surface area contributed by atoms with Gasteiger partial charge in [0.05, 0.1) is 6.20 Å². The fourth-order valence-corrected chi connectivity index (χ4v) is 3.53. The maximum absolute atomic E-state index is 12.7. The number of ether oxygens (including phenoxy) is 1. The summed E-state index contributed by atoms with van der Waals surface area (Å²) < 4.78 is 7.72. The van der Waals surface area contributed by atoms with Crippen molar-refractivity contribution in [2.75, 3.05) is 0 Å². The number of hydrogen-bond acceptors (Lipinski definition) is 5. The van der Waals surface area contributed by atoms with Crippen LogP contribution in [0.25, 0.3) is 5.65 Å². The second-order valence-electron chi connectivity index (χ2n) is 7.01. The largest absolute Gasteiger partial charge is 0.474 e. The highest BCUT2D eigenvalue weighted by atomic mass is 16.5. The highest BCUT2D eigenvalue weighted by Crippen LogP contribution is 2.25. The van der Waals surface area contributed by atoms with Gasteiger partial charge in [-0.05, 0) is 51.7 Å². The van der Waals surface area contributed by atoms with Crippen LogP contribution in [0.15, 0.2) is 30.6 Å². The Bertz CT molecular complexity index is 976. The summed E-state index contributed by atoms with van der Waals surface area (Å²) in [5.41, 5.74) is 3.70. The SMILES string of the molecule is Cc1cc(C)n2ncc(C(=O)NCc3cccnc3OC3CCCC3)c2n1. The Morgan fingerprint density at radius 1 is 1.33 bits per heavy atom. The molecule has 140 valence electrons. The molecule has 7 nitrogen and oxygen atoms in total. The van der Waals surface area contributed by atoms with E-state index in [-0.39, 0.29) is 12.0 Å². The zero-order chi connectivity index (χ0) is 18.8. The molecule has 0 radical (unpaired) electrons. The van der Waals surface area contributed by atoms with Gasteiger partial charge >= 0.3 is 0 Å². The van der Waals surface area contributed by atoms with E-state index >= 15 is 0 Å². The van der Waals surface area contributed by atoms with Gasteiger partial charge in [-0.15, -0.1) is 0 Å². The molecule has 1 amide bonds. The Balaban J connectivity index is 1.50. The molecule has 0 aromatic carbocycles. The standard InChI is InChI=1S/C20H23N5O2/c1-13-10-14(2)25-18(24-13)17(12-23-25)19(26)22-11-15-6-5-9-21-20(15)27-16-7-3-4-8-16/h5-6,9-10,12,16H,3-4,7-8,11H2,1-2H3,(H,22,26). The molecule has 7 heteroatoms. The minimum absolute atomic E-state index is 0.210. The maximum atomic E-state index is 12.7. The van der Waals surface area contributed by atoms with E-state index in [1.807, 2.05) is 32.0 Å². The van der Waals surface area contributed by atoms with E-state index in [0.717, 1.165) is 29.8 Å². The summed E-state index contributed by atoms with van der Waals surface area (Å²) >= 11 is 0. The zero-order valence-electron chi connectivity index (χ0n) is 15.6. The lowest BCUT2D eigenvalue weighted by atomic mass is 10.2. The number of hydrogen-bond donors (Lipinski definition) is 1. The van der Waals surface area contributed by atoms with Crippen molar-refractivity contribution in [3.63, 3.8) is 0 Å². The Labute approximate surface area is 157 Å². The fraction of sp³-hybridized carbons (Fsp3) is 0.400. The summed E-state index contributed by atoms with van der Waals surface area (Å²) in [6, 6.07) is 5.72. The number of carbonyl (C=O) groups excluding carboxylic acids is 1. The first-order valence-corrected chi connectivity index (χ1v) is 9.32. The molecule has 4 rings (SSSR count). The summed E-state index contributed by atoms with van der Waals surface area (Å²) in [5.74, 6) is 0.396.